The number of nitrogens with one attached hydrogen (secondary N) is 3. The lowest BCUT2D eigenvalue weighted by Gasteiger charge is -2.14. The van der Waals surface area contributed by atoms with Crippen LogP contribution in [0.15, 0.2) is 24.3 Å². The lowest BCUT2D eigenvalue weighted by molar-refractivity contribution is -0.127. The molecule has 1 aromatic carbocycles. The monoisotopic (exact) mass is 308 g/mol. The Balaban J connectivity index is 2.43. The fourth-order valence-corrected chi connectivity index (χ4v) is 1.55. The van der Waals surface area contributed by atoms with Gasteiger partial charge in [0.15, 0.2) is 0 Å². The Morgan fingerprint density at radius 1 is 1.18 bits per heavy atom. The molecule has 0 aliphatic rings. The van der Waals surface area contributed by atoms with Gasteiger partial charge in [0.05, 0.1) is 19.7 Å². The van der Waals surface area contributed by atoms with Gasteiger partial charge in [0.2, 0.25) is 17.7 Å². The molecule has 0 fully saturated rings. The smallest absolute Gasteiger partial charge is 0.246 e. The lowest BCUT2D eigenvalue weighted by Crippen LogP contribution is -2.46. The summed E-state index contributed by atoms with van der Waals surface area (Å²) in [6.45, 7) is 1.02. The van der Waals surface area contributed by atoms with Crippen molar-refractivity contribution in [3.8, 4) is 0 Å². The average Bonchev–Trinajstić information content (AvgIpc) is 2.53. The number of benzene rings is 1. The van der Waals surface area contributed by atoms with Crippen LogP contribution in [0, 0.1) is 0 Å². The number of hydrogen-bond acceptors (Lipinski definition) is 5. The number of anilines is 1. The van der Waals surface area contributed by atoms with Crippen molar-refractivity contribution in [2.75, 3.05) is 18.4 Å². The van der Waals surface area contributed by atoms with E-state index in [1.54, 1.807) is 24.3 Å². The molecule has 0 saturated heterocycles. The molecular weight excluding hydrogens is 288 g/mol. The van der Waals surface area contributed by atoms with Crippen LogP contribution < -0.4 is 21.7 Å². The number of nitrogens with two attached hydrogens (primary N) is 1. The van der Waals surface area contributed by atoms with Crippen LogP contribution in [-0.2, 0) is 21.0 Å². The molecule has 0 bridgehead atoms. The van der Waals surface area contributed by atoms with Crippen LogP contribution in [-0.4, -0.2) is 42.0 Å². The molecule has 3 amide bonds. The molecule has 0 aliphatic heterocycles. The number of hydrogen-bond donors (Lipinski definition) is 5. The second-order valence-corrected chi connectivity index (χ2v) is 4.61. The molecule has 8 heteroatoms. The van der Waals surface area contributed by atoms with E-state index in [9.17, 15) is 14.4 Å². The molecule has 0 aromatic heterocycles. The van der Waals surface area contributed by atoms with Gasteiger partial charge in [0.1, 0.15) is 6.04 Å². The summed E-state index contributed by atoms with van der Waals surface area (Å²) in [5.41, 5.74) is 6.38. The van der Waals surface area contributed by atoms with Crippen LogP contribution in [0.25, 0.3) is 0 Å². The zero-order valence-electron chi connectivity index (χ0n) is 12.3. The standard InChI is InChI=1S/C14H20N4O4/c1-9(17-13(21)7-16-12(20)6-15)14(22)18-11-4-2-10(8-19)3-5-11/h2-5,9,19H,6-8,15H2,1H3,(H,16,20)(H,17,21)(H,18,22)/t9-/m0/s1. The Kier molecular flexibility index (Phi) is 7.00. The normalized spacial score (nSPS) is 11.4. The zero-order valence-corrected chi connectivity index (χ0v) is 12.3. The summed E-state index contributed by atoms with van der Waals surface area (Å²) in [7, 11) is 0. The number of aliphatic hydroxyl groups is 1. The molecule has 1 rings (SSSR count). The molecule has 22 heavy (non-hydrogen) atoms. The van der Waals surface area contributed by atoms with Crippen LogP contribution >= 0.6 is 0 Å². The largest absolute Gasteiger partial charge is 0.392 e. The van der Waals surface area contributed by atoms with E-state index in [4.69, 9.17) is 10.8 Å². The summed E-state index contributed by atoms with van der Waals surface area (Å²) in [4.78, 5) is 34.4. The van der Waals surface area contributed by atoms with Gasteiger partial charge in [-0.15, -0.1) is 0 Å². The first-order valence-electron chi connectivity index (χ1n) is 6.73. The molecule has 0 unspecified atom stereocenters. The summed E-state index contributed by atoms with van der Waals surface area (Å²) >= 11 is 0. The van der Waals surface area contributed by atoms with Crippen LogP contribution in [0.2, 0.25) is 0 Å². The minimum absolute atomic E-state index is 0.0742. The van der Waals surface area contributed by atoms with Gasteiger partial charge >= 0.3 is 0 Å². The number of aliphatic hydroxyl groups excluding tert-OH is 1. The topological polar surface area (TPSA) is 134 Å². The molecular formula is C14H20N4O4. The van der Waals surface area contributed by atoms with Gasteiger partial charge in [0, 0.05) is 5.69 Å². The van der Waals surface area contributed by atoms with Crippen molar-refractivity contribution in [2.45, 2.75) is 19.6 Å². The molecule has 6 N–H and O–H groups in total. The summed E-state index contributed by atoms with van der Waals surface area (Å²) in [5.74, 6) is -1.33. The summed E-state index contributed by atoms with van der Waals surface area (Å²) in [5, 5.41) is 16.3. The highest BCUT2D eigenvalue weighted by Crippen LogP contribution is 2.09. The van der Waals surface area contributed by atoms with E-state index >= 15 is 0 Å². The molecule has 120 valence electrons. The second-order valence-electron chi connectivity index (χ2n) is 4.61. The van der Waals surface area contributed by atoms with E-state index in [1.807, 2.05) is 0 Å². The van der Waals surface area contributed by atoms with Crippen molar-refractivity contribution in [1.82, 2.24) is 10.6 Å². The Hall–Kier alpha value is -2.45. The lowest BCUT2D eigenvalue weighted by atomic mass is 10.2. The van der Waals surface area contributed by atoms with Crippen molar-refractivity contribution >= 4 is 23.4 Å². The number of carbonyl (C=O) groups is 3. The van der Waals surface area contributed by atoms with E-state index < -0.39 is 23.8 Å². The molecule has 0 saturated carbocycles. The second kappa shape index (κ2) is 8.75. The Labute approximate surface area is 128 Å². The van der Waals surface area contributed by atoms with Gasteiger partial charge in [0.25, 0.3) is 0 Å². The van der Waals surface area contributed by atoms with Crippen molar-refractivity contribution in [3.05, 3.63) is 29.8 Å². The predicted octanol–water partition coefficient (Wildman–Crippen LogP) is -1.30. The Morgan fingerprint density at radius 3 is 2.36 bits per heavy atom. The predicted molar refractivity (Wildman–Crippen MR) is 80.7 cm³/mol. The third kappa shape index (κ3) is 5.90. The van der Waals surface area contributed by atoms with Gasteiger partial charge in [-0.1, -0.05) is 12.1 Å². The average molecular weight is 308 g/mol. The van der Waals surface area contributed by atoms with Gasteiger partial charge in [-0.25, -0.2) is 0 Å². The molecule has 1 atom stereocenters. The molecule has 0 aliphatic carbocycles. The van der Waals surface area contributed by atoms with Crippen molar-refractivity contribution in [1.29, 1.82) is 0 Å². The first-order chi connectivity index (χ1) is 10.5. The molecule has 0 spiro atoms. The van der Waals surface area contributed by atoms with Crippen molar-refractivity contribution in [2.24, 2.45) is 5.73 Å². The van der Waals surface area contributed by atoms with Gasteiger partial charge in [-0.2, -0.15) is 0 Å². The molecule has 1 aromatic rings. The van der Waals surface area contributed by atoms with E-state index in [1.165, 1.54) is 6.92 Å². The maximum atomic E-state index is 11.9. The number of rotatable bonds is 7. The quantitative estimate of drug-likeness (QED) is 0.427. The maximum Gasteiger partial charge on any atom is 0.246 e. The first-order valence-corrected chi connectivity index (χ1v) is 6.73. The minimum Gasteiger partial charge on any atom is -0.392 e. The van der Waals surface area contributed by atoms with E-state index in [-0.39, 0.29) is 19.7 Å². The highest BCUT2D eigenvalue weighted by atomic mass is 16.3. The highest BCUT2D eigenvalue weighted by Gasteiger charge is 2.15. The molecule has 0 radical (unpaired) electrons. The van der Waals surface area contributed by atoms with Gasteiger partial charge in [-0.3, -0.25) is 14.4 Å². The van der Waals surface area contributed by atoms with Crippen LogP contribution in [0.5, 0.6) is 0 Å². The number of carbonyl (C=O) groups excluding carboxylic acids is 3. The van der Waals surface area contributed by atoms with E-state index in [0.717, 1.165) is 5.56 Å². The van der Waals surface area contributed by atoms with Crippen LogP contribution in [0.3, 0.4) is 0 Å². The first kappa shape index (κ1) is 17.6. The zero-order chi connectivity index (χ0) is 16.5. The summed E-state index contributed by atoms with van der Waals surface area (Å²) < 4.78 is 0. The SMILES string of the molecule is C[C@H](NC(=O)CNC(=O)CN)C(=O)Nc1ccc(CO)cc1. The van der Waals surface area contributed by atoms with Crippen molar-refractivity contribution < 1.29 is 19.5 Å². The van der Waals surface area contributed by atoms with Gasteiger partial charge < -0.3 is 26.8 Å². The van der Waals surface area contributed by atoms with Crippen LogP contribution in [0.1, 0.15) is 12.5 Å². The third-order valence-corrected chi connectivity index (χ3v) is 2.81. The number of amides is 3. The van der Waals surface area contributed by atoms with Gasteiger partial charge in [-0.05, 0) is 24.6 Å². The summed E-state index contributed by atoms with van der Waals surface area (Å²) in [6.07, 6.45) is 0. The maximum absolute atomic E-state index is 11.9. The Bertz CT molecular complexity index is 530. The summed E-state index contributed by atoms with van der Waals surface area (Å²) in [6, 6.07) is 5.90. The highest BCUT2D eigenvalue weighted by molar-refractivity contribution is 5.97. The molecule has 0 heterocycles. The van der Waals surface area contributed by atoms with E-state index in [0.29, 0.717) is 5.69 Å². The fraction of sp³-hybridized carbons (Fsp3) is 0.357. The molecule has 8 nitrogen and oxygen atoms in total. The fourth-order valence-electron chi connectivity index (χ4n) is 1.55. The van der Waals surface area contributed by atoms with Crippen molar-refractivity contribution in [3.63, 3.8) is 0 Å². The minimum atomic E-state index is -0.764. The third-order valence-electron chi connectivity index (χ3n) is 2.81. The van der Waals surface area contributed by atoms with E-state index in [2.05, 4.69) is 16.0 Å². The Morgan fingerprint density at radius 2 is 1.82 bits per heavy atom. The van der Waals surface area contributed by atoms with Crippen LogP contribution in [0.4, 0.5) is 5.69 Å².